The second kappa shape index (κ2) is 6.08. The molecule has 0 aliphatic carbocycles. The second-order valence-electron chi connectivity index (χ2n) is 5.28. The summed E-state index contributed by atoms with van der Waals surface area (Å²) in [5.74, 6) is -1.20. The van der Waals surface area contributed by atoms with Crippen LogP contribution in [0.1, 0.15) is 24.0 Å². The van der Waals surface area contributed by atoms with Crippen molar-refractivity contribution in [1.82, 2.24) is 10.2 Å². The lowest BCUT2D eigenvalue weighted by Gasteiger charge is -2.21. The van der Waals surface area contributed by atoms with E-state index in [0.717, 1.165) is 26.5 Å². The van der Waals surface area contributed by atoms with Gasteiger partial charge in [0.2, 0.25) is 0 Å². The Bertz CT molecular complexity index is 740. The van der Waals surface area contributed by atoms with Gasteiger partial charge in [0.1, 0.15) is 6.61 Å². The Morgan fingerprint density at radius 1 is 1.59 bits per heavy atom. The first kappa shape index (κ1) is 15.0. The molecule has 7 heteroatoms. The molecule has 116 valence electrons. The van der Waals surface area contributed by atoms with E-state index in [1.54, 1.807) is 6.20 Å². The highest BCUT2D eigenvalue weighted by molar-refractivity contribution is 9.10. The molecule has 1 aromatic heterocycles. The summed E-state index contributed by atoms with van der Waals surface area (Å²) in [6.07, 6.45) is 3.04. The quantitative estimate of drug-likeness (QED) is 0.825. The molecule has 22 heavy (non-hydrogen) atoms. The molecular formula is C15H15BrN2O4. The number of methoxy groups -OCH3 is 1. The third-order valence-corrected chi connectivity index (χ3v) is 4.61. The van der Waals surface area contributed by atoms with Crippen LogP contribution < -0.4 is 0 Å². The van der Waals surface area contributed by atoms with Gasteiger partial charge in [0.05, 0.1) is 31.2 Å². The predicted octanol–water partition coefficient (Wildman–Crippen LogP) is 2.49. The first-order valence-corrected chi connectivity index (χ1v) is 7.76. The smallest absolute Gasteiger partial charge is 0.309 e. The van der Waals surface area contributed by atoms with E-state index in [1.165, 1.54) is 7.11 Å². The van der Waals surface area contributed by atoms with E-state index in [1.807, 2.05) is 6.07 Å². The number of carbonyl (C=O) groups excluding carboxylic acids is 2. The lowest BCUT2D eigenvalue weighted by atomic mass is 9.92. The van der Waals surface area contributed by atoms with Crippen LogP contribution in [0.2, 0.25) is 0 Å². The average Bonchev–Trinajstić information content (AvgIpc) is 2.98. The maximum Gasteiger partial charge on any atom is 0.309 e. The molecule has 0 amide bonds. The maximum absolute atomic E-state index is 12.1. The topological polar surface area (TPSA) is 81.3 Å². The van der Waals surface area contributed by atoms with Crippen molar-refractivity contribution in [3.63, 3.8) is 0 Å². The van der Waals surface area contributed by atoms with Crippen LogP contribution in [0.5, 0.6) is 0 Å². The summed E-state index contributed by atoms with van der Waals surface area (Å²) < 4.78 is 10.9. The van der Waals surface area contributed by atoms with Crippen molar-refractivity contribution in [2.24, 2.45) is 5.92 Å². The van der Waals surface area contributed by atoms with E-state index in [0.29, 0.717) is 12.8 Å². The van der Waals surface area contributed by atoms with Crippen molar-refractivity contribution in [1.29, 1.82) is 0 Å². The van der Waals surface area contributed by atoms with E-state index in [4.69, 9.17) is 4.74 Å². The summed E-state index contributed by atoms with van der Waals surface area (Å²) in [5, 5.41) is 7.93. The largest absolute Gasteiger partial charge is 0.469 e. The van der Waals surface area contributed by atoms with Gasteiger partial charge in [-0.1, -0.05) is 0 Å². The Balaban J connectivity index is 1.92. The standard InChI is InChI=1S/C15H15BrN2O4/c1-21-13(19)5-9-3-2-8-4-12(16)14-10(6-17-18-14)11(8)7-22-15(9)20/h4,6,9H,2-3,5,7H2,1H3,(H,17,18)/t9-/m0/s1. The third kappa shape index (κ3) is 2.72. The number of H-pyrrole nitrogens is 1. The molecule has 2 aromatic rings. The van der Waals surface area contributed by atoms with Crippen LogP contribution in [-0.2, 0) is 32.1 Å². The first-order valence-electron chi connectivity index (χ1n) is 6.97. The number of aryl methyl sites for hydroxylation is 1. The van der Waals surface area contributed by atoms with Gasteiger partial charge < -0.3 is 9.47 Å². The summed E-state index contributed by atoms with van der Waals surface area (Å²) in [6, 6.07) is 2.02. The highest BCUT2D eigenvalue weighted by atomic mass is 79.9. The number of carbonyl (C=O) groups is 2. The van der Waals surface area contributed by atoms with Gasteiger partial charge in [-0.3, -0.25) is 14.7 Å². The highest BCUT2D eigenvalue weighted by Crippen LogP contribution is 2.32. The molecule has 1 aliphatic heterocycles. The lowest BCUT2D eigenvalue weighted by Crippen LogP contribution is -2.24. The van der Waals surface area contributed by atoms with Crippen molar-refractivity contribution < 1.29 is 19.1 Å². The molecule has 0 radical (unpaired) electrons. The molecule has 1 atom stereocenters. The fraction of sp³-hybridized carbons (Fsp3) is 0.400. The van der Waals surface area contributed by atoms with Gasteiger partial charge in [-0.25, -0.2) is 0 Å². The fourth-order valence-corrected chi connectivity index (χ4v) is 3.33. The normalized spacial score (nSPS) is 18.3. The van der Waals surface area contributed by atoms with E-state index >= 15 is 0 Å². The molecule has 1 N–H and O–H groups in total. The summed E-state index contributed by atoms with van der Waals surface area (Å²) in [4.78, 5) is 23.5. The number of nitrogens with zero attached hydrogens (tertiary/aromatic N) is 1. The minimum absolute atomic E-state index is 0.0553. The minimum Gasteiger partial charge on any atom is -0.469 e. The number of cyclic esters (lactones) is 1. The van der Waals surface area contributed by atoms with Crippen molar-refractivity contribution in [2.75, 3.05) is 7.11 Å². The molecule has 0 saturated heterocycles. The van der Waals surface area contributed by atoms with Crippen molar-refractivity contribution in [2.45, 2.75) is 25.9 Å². The van der Waals surface area contributed by atoms with Gasteiger partial charge in [-0.2, -0.15) is 5.10 Å². The summed E-state index contributed by atoms with van der Waals surface area (Å²) in [7, 11) is 1.32. The van der Waals surface area contributed by atoms with E-state index in [9.17, 15) is 9.59 Å². The summed E-state index contributed by atoms with van der Waals surface area (Å²) >= 11 is 3.53. The Morgan fingerprint density at radius 2 is 2.41 bits per heavy atom. The molecule has 2 heterocycles. The third-order valence-electron chi connectivity index (χ3n) is 3.99. The number of aromatic nitrogens is 2. The van der Waals surface area contributed by atoms with E-state index < -0.39 is 11.9 Å². The van der Waals surface area contributed by atoms with Gasteiger partial charge in [0, 0.05) is 15.4 Å². The molecule has 0 unspecified atom stereocenters. The number of hydrogen-bond acceptors (Lipinski definition) is 5. The number of halogens is 1. The van der Waals surface area contributed by atoms with Crippen molar-refractivity contribution >= 4 is 38.8 Å². The minimum atomic E-state index is -0.459. The summed E-state index contributed by atoms with van der Waals surface area (Å²) in [5.41, 5.74) is 2.96. The highest BCUT2D eigenvalue weighted by Gasteiger charge is 2.27. The Kier molecular flexibility index (Phi) is 4.15. The van der Waals surface area contributed by atoms with Crippen LogP contribution in [0.25, 0.3) is 10.9 Å². The molecular weight excluding hydrogens is 352 g/mol. The SMILES string of the molecule is COC(=O)C[C@@H]1CCc2cc(Br)c3[nH]ncc3c2COC1=O. The zero-order chi connectivity index (χ0) is 15.7. The Hall–Kier alpha value is -1.89. The molecule has 0 saturated carbocycles. The summed E-state index contributed by atoms with van der Waals surface area (Å²) in [6.45, 7) is 0.190. The van der Waals surface area contributed by atoms with Gasteiger partial charge in [0.25, 0.3) is 0 Å². The van der Waals surface area contributed by atoms with Crippen LogP contribution in [0.3, 0.4) is 0 Å². The second-order valence-corrected chi connectivity index (χ2v) is 6.13. The van der Waals surface area contributed by atoms with Crippen LogP contribution in [0.15, 0.2) is 16.7 Å². The monoisotopic (exact) mass is 366 g/mol. The fourth-order valence-electron chi connectivity index (χ4n) is 2.75. The van der Waals surface area contributed by atoms with E-state index in [-0.39, 0.29) is 19.0 Å². The van der Waals surface area contributed by atoms with Crippen molar-refractivity contribution in [3.8, 4) is 0 Å². The molecule has 3 rings (SSSR count). The molecule has 6 nitrogen and oxygen atoms in total. The van der Waals surface area contributed by atoms with Crippen LogP contribution in [-0.4, -0.2) is 29.2 Å². The number of fused-ring (bicyclic) bond motifs is 3. The number of ether oxygens (including phenoxy) is 2. The maximum atomic E-state index is 12.1. The van der Waals surface area contributed by atoms with Gasteiger partial charge >= 0.3 is 11.9 Å². The number of aromatic amines is 1. The molecule has 0 spiro atoms. The molecule has 1 aliphatic rings. The van der Waals surface area contributed by atoms with Gasteiger partial charge in [0.15, 0.2) is 0 Å². The number of benzene rings is 1. The zero-order valence-electron chi connectivity index (χ0n) is 12.0. The number of esters is 2. The average molecular weight is 367 g/mol. The Labute approximate surface area is 135 Å². The van der Waals surface area contributed by atoms with E-state index in [2.05, 4.69) is 30.9 Å². The van der Waals surface area contributed by atoms with Gasteiger partial charge in [-0.05, 0) is 40.4 Å². The lowest BCUT2D eigenvalue weighted by molar-refractivity contribution is -0.155. The van der Waals surface area contributed by atoms with Crippen LogP contribution >= 0.6 is 15.9 Å². The molecule has 0 bridgehead atoms. The first-order chi connectivity index (χ1) is 10.6. The Morgan fingerprint density at radius 3 is 3.18 bits per heavy atom. The zero-order valence-corrected chi connectivity index (χ0v) is 13.6. The number of hydrogen-bond donors (Lipinski definition) is 1. The van der Waals surface area contributed by atoms with Crippen molar-refractivity contribution in [3.05, 3.63) is 27.9 Å². The van der Waals surface area contributed by atoms with Crippen LogP contribution in [0.4, 0.5) is 0 Å². The van der Waals surface area contributed by atoms with Crippen LogP contribution in [0, 0.1) is 5.92 Å². The molecule has 1 aromatic carbocycles. The predicted molar refractivity (Wildman–Crippen MR) is 82.0 cm³/mol. The number of nitrogens with one attached hydrogen (secondary N) is 1. The molecule has 0 fully saturated rings. The number of rotatable bonds is 2. The van der Waals surface area contributed by atoms with Gasteiger partial charge in [-0.15, -0.1) is 0 Å².